The summed E-state index contributed by atoms with van der Waals surface area (Å²) in [5.74, 6) is 0. The normalized spacial score (nSPS) is 8.19. The maximum Gasteiger partial charge on any atom is 0.0713 e. The van der Waals surface area contributed by atoms with E-state index >= 15 is 0 Å². The van der Waals surface area contributed by atoms with Crippen LogP contribution in [0.25, 0.3) is 0 Å². The first-order valence-corrected chi connectivity index (χ1v) is 5.99. The fraction of sp³-hybridized carbons (Fsp3) is 0.571. The molecule has 0 N–H and O–H groups in total. The molecular weight excluding hydrogens is 198 g/mol. The number of rotatable bonds is 3. The third kappa shape index (κ3) is 7.30. The average Bonchev–Trinajstić information content (AvgIpc) is 2.35. The van der Waals surface area contributed by atoms with Gasteiger partial charge in [0.2, 0.25) is 0 Å². The zero-order valence-electron chi connectivity index (χ0n) is 11.9. The van der Waals surface area contributed by atoms with Gasteiger partial charge in [0.05, 0.1) is 6.61 Å². The standard InChI is InChI=1S/C10H15NO.2C2H6/c1-11(2)10-6-4-9(5-7-10)8-12-3;2*1-2/h4-7H,8H2,1-3H3;2*1-2H3. The van der Waals surface area contributed by atoms with E-state index in [-0.39, 0.29) is 0 Å². The SMILES string of the molecule is CC.CC.COCc1ccc(N(C)C)cc1. The van der Waals surface area contributed by atoms with E-state index in [0.717, 1.165) is 0 Å². The van der Waals surface area contributed by atoms with Crippen molar-refractivity contribution >= 4 is 5.69 Å². The van der Waals surface area contributed by atoms with Crippen LogP contribution in [0.3, 0.4) is 0 Å². The van der Waals surface area contributed by atoms with Crippen LogP contribution in [0.5, 0.6) is 0 Å². The highest BCUT2D eigenvalue weighted by atomic mass is 16.5. The topological polar surface area (TPSA) is 12.5 Å². The van der Waals surface area contributed by atoms with Crippen LogP contribution in [0.1, 0.15) is 33.3 Å². The van der Waals surface area contributed by atoms with Gasteiger partial charge >= 0.3 is 0 Å². The maximum absolute atomic E-state index is 5.01. The number of hydrogen-bond donors (Lipinski definition) is 0. The number of ether oxygens (including phenoxy) is 1. The average molecular weight is 225 g/mol. The Balaban J connectivity index is 0. The van der Waals surface area contributed by atoms with Gasteiger partial charge in [0.25, 0.3) is 0 Å². The summed E-state index contributed by atoms with van der Waals surface area (Å²) in [6.45, 7) is 8.69. The zero-order valence-corrected chi connectivity index (χ0v) is 11.9. The quantitative estimate of drug-likeness (QED) is 0.772. The van der Waals surface area contributed by atoms with Crippen LogP contribution in [-0.2, 0) is 11.3 Å². The first kappa shape index (κ1) is 17.4. The van der Waals surface area contributed by atoms with Gasteiger partial charge in [-0.15, -0.1) is 0 Å². The Kier molecular flexibility index (Phi) is 13.1. The molecule has 2 heteroatoms. The second-order valence-corrected chi connectivity index (χ2v) is 2.99. The molecule has 0 aromatic heterocycles. The van der Waals surface area contributed by atoms with E-state index in [4.69, 9.17) is 4.74 Å². The van der Waals surface area contributed by atoms with Gasteiger partial charge in [-0.2, -0.15) is 0 Å². The Morgan fingerprint density at radius 1 is 0.938 bits per heavy atom. The lowest BCUT2D eigenvalue weighted by atomic mass is 10.2. The molecule has 0 atom stereocenters. The summed E-state index contributed by atoms with van der Waals surface area (Å²) in [4.78, 5) is 2.08. The lowest BCUT2D eigenvalue weighted by Crippen LogP contribution is -2.08. The molecule has 0 aliphatic rings. The van der Waals surface area contributed by atoms with Crippen molar-refractivity contribution in [2.75, 3.05) is 26.1 Å². The Morgan fingerprint density at radius 3 is 1.69 bits per heavy atom. The van der Waals surface area contributed by atoms with Gasteiger partial charge < -0.3 is 9.64 Å². The summed E-state index contributed by atoms with van der Waals surface area (Å²) in [7, 11) is 5.77. The minimum Gasteiger partial charge on any atom is -0.380 e. The molecule has 1 aromatic carbocycles. The summed E-state index contributed by atoms with van der Waals surface area (Å²) in [5, 5.41) is 0. The van der Waals surface area contributed by atoms with Crippen molar-refractivity contribution in [2.24, 2.45) is 0 Å². The van der Waals surface area contributed by atoms with Crippen LogP contribution in [0.2, 0.25) is 0 Å². The largest absolute Gasteiger partial charge is 0.380 e. The molecule has 0 heterocycles. The Morgan fingerprint density at radius 2 is 1.38 bits per heavy atom. The van der Waals surface area contributed by atoms with Gasteiger partial charge in [-0.25, -0.2) is 0 Å². The van der Waals surface area contributed by atoms with E-state index in [0.29, 0.717) is 6.61 Å². The fourth-order valence-corrected chi connectivity index (χ4v) is 1.06. The van der Waals surface area contributed by atoms with Crippen molar-refractivity contribution in [1.82, 2.24) is 0 Å². The van der Waals surface area contributed by atoms with E-state index in [1.807, 2.05) is 41.8 Å². The molecule has 1 aromatic rings. The molecule has 94 valence electrons. The smallest absolute Gasteiger partial charge is 0.0713 e. The van der Waals surface area contributed by atoms with Crippen molar-refractivity contribution < 1.29 is 4.74 Å². The molecule has 0 bridgehead atoms. The predicted octanol–water partition coefficient (Wildman–Crippen LogP) is 3.95. The summed E-state index contributed by atoms with van der Waals surface area (Å²) in [5.41, 5.74) is 2.43. The monoisotopic (exact) mass is 225 g/mol. The van der Waals surface area contributed by atoms with E-state index < -0.39 is 0 Å². The first-order valence-electron chi connectivity index (χ1n) is 5.99. The number of methoxy groups -OCH3 is 1. The van der Waals surface area contributed by atoms with Crippen LogP contribution in [-0.4, -0.2) is 21.2 Å². The third-order valence-electron chi connectivity index (χ3n) is 1.76. The van der Waals surface area contributed by atoms with Crippen molar-refractivity contribution in [2.45, 2.75) is 34.3 Å². The third-order valence-corrected chi connectivity index (χ3v) is 1.76. The van der Waals surface area contributed by atoms with Gasteiger partial charge in [0.1, 0.15) is 0 Å². The molecule has 0 aliphatic carbocycles. The molecule has 0 aliphatic heterocycles. The molecule has 0 unspecified atom stereocenters. The summed E-state index contributed by atoms with van der Waals surface area (Å²) < 4.78 is 5.01. The van der Waals surface area contributed by atoms with Crippen LogP contribution in [0.4, 0.5) is 5.69 Å². The van der Waals surface area contributed by atoms with Gasteiger partial charge in [0.15, 0.2) is 0 Å². The van der Waals surface area contributed by atoms with Crippen LogP contribution in [0.15, 0.2) is 24.3 Å². The second-order valence-electron chi connectivity index (χ2n) is 2.99. The number of hydrogen-bond acceptors (Lipinski definition) is 2. The first-order chi connectivity index (χ1) is 7.74. The van der Waals surface area contributed by atoms with Crippen LogP contribution in [0, 0.1) is 0 Å². The van der Waals surface area contributed by atoms with E-state index in [2.05, 4.69) is 29.2 Å². The van der Waals surface area contributed by atoms with Gasteiger partial charge in [-0.3, -0.25) is 0 Å². The molecule has 16 heavy (non-hydrogen) atoms. The summed E-state index contributed by atoms with van der Waals surface area (Å²) in [6.07, 6.45) is 0. The lowest BCUT2D eigenvalue weighted by Gasteiger charge is -2.12. The Labute approximate surface area is 101 Å². The highest BCUT2D eigenvalue weighted by Crippen LogP contribution is 2.12. The maximum atomic E-state index is 5.01. The van der Waals surface area contributed by atoms with Gasteiger partial charge in [-0.05, 0) is 17.7 Å². The van der Waals surface area contributed by atoms with Gasteiger partial charge in [0, 0.05) is 26.9 Å². The van der Waals surface area contributed by atoms with Crippen LogP contribution < -0.4 is 4.90 Å². The zero-order chi connectivity index (χ0) is 13.0. The molecule has 0 amide bonds. The Bertz CT molecular complexity index is 229. The van der Waals surface area contributed by atoms with Crippen molar-refractivity contribution in [3.63, 3.8) is 0 Å². The molecule has 0 saturated heterocycles. The van der Waals surface area contributed by atoms with Crippen molar-refractivity contribution in [3.05, 3.63) is 29.8 Å². The van der Waals surface area contributed by atoms with Crippen molar-refractivity contribution in [1.29, 1.82) is 0 Å². The lowest BCUT2D eigenvalue weighted by molar-refractivity contribution is 0.185. The van der Waals surface area contributed by atoms with E-state index in [1.165, 1.54) is 11.3 Å². The number of nitrogens with zero attached hydrogens (tertiary/aromatic N) is 1. The molecular formula is C14H27NO. The minimum atomic E-state index is 0.688. The molecule has 0 fully saturated rings. The summed E-state index contributed by atoms with van der Waals surface area (Å²) in [6, 6.07) is 8.35. The predicted molar refractivity (Wildman–Crippen MR) is 74.2 cm³/mol. The van der Waals surface area contributed by atoms with Crippen LogP contribution >= 0.6 is 0 Å². The number of benzene rings is 1. The molecule has 1 rings (SSSR count). The Hall–Kier alpha value is -1.02. The summed E-state index contributed by atoms with van der Waals surface area (Å²) >= 11 is 0. The second kappa shape index (κ2) is 12.1. The highest BCUT2D eigenvalue weighted by Gasteiger charge is 1.94. The van der Waals surface area contributed by atoms with Crippen molar-refractivity contribution in [3.8, 4) is 0 Å². The van der Waals surface area contributed by atoms with E-state index in [1.54, 1.807) is 7.11 Å². The molecule has 2 nitrogen and oxygen atoms in total. The molecule has 0 saturated carbocycles. The minimum absolute atomic E-state index is 0.688. The highest BCUT2D eigenvalue weighted by molar-refractivity contribution is 5.45. The van der Waals surface area contributed by atoms with Gasteiger partial charge in [-0.1, -0.05) is 39.8 Å². The molecule has 0 spiro atoms. The fourth-order valence-electron chi connectivity index (χ4n) is 1.06. The molecule has 0 radical (unpaired) electrons. The van der Waals surface area contributed by atoms with E-state index in [9.17, 15) is 0 Å². The number of anilines is 1.